The molecule has 6 atom stereocenters. The predicted octanol–water partition coefficient (Wildman–Crippen LogP) is -1.33. The lowest BCUT2D eigenvalue weighted by Gasteiger charge is -2.41. The summed E-state index contributed by atoms with van der Waals surface area (Å²) < 4.78 is 10.5. The van der Waals surface area contributed by atoms with E-state index in [1.165, 1.54) is 12.1 Å². The first-order valence-electron chi connectivity index (χ1n) is 7.41. The van der Waals surface area contributed by atoms with Crippen LogP contribution < -0.4 is 10.4 Å². The molecule has 0 saturated heterocycles. The molecule has 0 unspecified atom stereocenters. The molecular weight excluding hydrogens is 320 g/mol. The largest absolute Gasteiger partial charge is 0.485 e. The molecule has 0 aliphatic heterocycles. The summed E-state index contributed by atoms with van der Waals surface area (Å²) in [5, 5.41) is 49.6. The molecule has 2 aromatic rings. The molecule has 24 heavy (non-hydrogen) atoms. The lowest BCUT2D eigenvalue weighted by molar-refractivity contribution is -0.216. The topological polar surface area (TPSA) is 141 Å². The van der Waals surface area contributed by atoms with Crippen molar-refractivity contribution in [2.75, 3.05) is 0 Å². The van der Waals surface area contributed by atoms with Crippen LogP contribution >= 0.6 is 0 Å². The van der Waals surface area contributed by atoms with Crippen LogP contribution in [-0.2, 0) is 0 Å². The van der Waals surface area contributed by atoms with Crippen LogP contribution in [0.5, 0.6) is 5.75 Å². The molecule has 8 heteroatoms. The van der Waals surface area contributed by atoms with E-state index in [0.29, 0.717) is 5.39 Å². The smallest absolute Gasteiger partial charge is 0.336 e. The van der Waals surface area contributed by atoms with Crippen molar-refractivity contribution >= 4 is 11.0 Å². The van der Waals surface area contributed by atoms with Crippen LogP contribution in [0.3, 0.4) is 0 Å². The Balaban J connectivity index is 1.92. The molecule has 0 amide bonds. The molecule has 0 radical (unpaired) electrons. The third-order valence-electron chi connectivity index (χ3n) is 4.27. The fourth-order valence-electron chi connectivity index (χ4n) is 2.87. The van der Waals surface area contributed by atoms with Gasteiger partial charge in [-0.2, -0.15) is 0 Å². The molecule has 1 aliphatic rings. The van der Waals surface area contributed by atoms with Gasteiger partial charge in [0.2, 0.25) is 0 Å². The first-order valence-corrected chi connectivity index (χ1v) is 7.41. The predicted molar refractivity (Wildman–Crippen MR) is 81.7 cm³/mol. The molecule has 1 fully saturated rings. The zero-order chi connectivity index (χ0) is 17.6. The first kappa shape index (κ1) is 16.9. The van der Waals surface area contributed by atoms with Crippen LogP contribution in [0.1, 0.15) is 5.56 Å². The number of rotatable bonds is 2. The highest BCUT2D eigenvalue weighted by Crippen LogP contribution is 2.28. The van der Waals surface area contributed by atoms with E-state index in [4.69, 9.17) is 9.15 Å². The fraction of sp³-hybridized carbons (Fsp3) is 0.438. The van der Waals surface area contributed by atoms with E-state index in [1.54, 1.807) is 19.1 Å². The third kappa shape index (κ3) is 2.79. The average Bonchev–Trinajstić information content (AvgIpc) is 2.54. The maximum atomic E-state index is 11.5. The highest BCUT2D eigenvalue weighted by molar-refractivity contribution is 5.81. The number of aliphatic hydroxyl groups is 5. The van der Waals surface area contributed by atoms with Crippen LogP contribution in [0.25, 0.3) is 11.0 Å². The summed E-state index contributed by atoms with van der Waals surface area (Å²) >= 11 is 0. The Morgan fingerprint density at radius 3 is 2.12 bits per heavy atom. The Morgan fingerprint density at radius 1 is 0.917 bits per heavy atom. The molecule has 5 N–H and O–H groups in total. The van der Waals surface area contributed by atoms with Gasteiger partial charge in [-0.3, -0.25) is 0 Å². The second kappa shape index (κ2) is 6.15. The number of hydrogen-bond donors (Lipinski definition) is 5. The van der Waals surface area contributed by atoms with Crippen molar-refractivity contribution in [2.24, 2.45) is 0 Å². The van der Waals surface area contributed by atoms with Crippen molar-refractivity contribution in [2.45, 2.75) is 43.5 Å². The second-order valence-corrected chi connectivity index (χ2v) is 5.94. The number of aryl methyl sites for hydroxylation is 1. The van der Waals surface area contributed by atoms with Gasteiger partial charge >= 0.3 is 5.63 Å². The van der Waals surface area contributed by atoms with E-state index in [1.807, 2.05) is 0 Å². The molecule has 1 aromatic heterocycles. The van der Waals surface area contributed by atoms with E-state index in [2.05, 4.69) is 0 Å². The maximum absolute atomic E-state index is 11.5. The van der Waals surface area contributed by atoms with Gasteiger partial charge in [-0.15, -0.1) is 0 Å². The van der Waals surface area contributed by atoms with E-state index >= 15 is 0 Å². The normalized spacial score (nSPS) is 33.6. The number of hydrogen-bond acceptors (Lipinski definition) is 8. The van der Waals surface area contributed by atoms with Gasteiger partial charge in [0.1, 0.15) is 41.9 Å². The van der Waals surface area contributed by atoms with Gasteiger partial charge in [-0.1, -0.05) is 0 Å². The van der Waals surface area contributed by atoms with Gasteiger partial charge in [-0.05, 0) is 24.6 Å². The maximum Gasteiger partial charge on any atom is 0.336 e. The SMILES string of the molecule is Cc1cc(=O)oc2cc(O[C@@H]3[C@@H](O)[C@H](O)[C@@H](O)[C@H](O)[C@@H]3O)ccc12. The number of benzene rings is 1. The summed E-state index contributed by atoms with van der Waals surface area (Å²) in [6, 6.07) is 5.95. The summed E-state index contributed by atoms with van der Waals surface area (Å²) in [6.07, 6.45) is -9.63. The summed E-state index contributed by atoms with van der Waals surface area (Å²) in [7, 11) is 0. The molecule has 0 bridgehead atoms. The van der Waals surface area contributed by atoms with E-state index in [0.717, 1.165) is 5.56 Å². The zero-order valence-corrected chi connectivity index (χ0v) is 12.7. The van der Waals surface area contributed by atoms with Gasteiger partial charge in [0.15, 0.2) is 6.10 Å². The molecule has 1 heterocycles. The van der Waals surface area contributed by atoms with Gasteiger partial charge in [-0.25, -0.2) is 4.79 Å². The lowest BCUT2D eigenvalue weighted by Crippen LogP contribution is -2.65. The summed E-state index contributed by atoms with van der Waals surface area (Å²) in [6.45, 7) is 1.75. The van der Waals surface area contributed by atoms with Crippen molar-refractivity contribution in [1.82, 2.24) is 0 Å². The molecule has 130 valence electrons. The summed E-state index contributed by atoms with van der Waals surface area (Å²) in [5.41, 5.74) is 0.460. The minimum atomic E-state index is -1.69. The number of fused-ring (bicyclic) bond motifs is 1. The highest BCUT2D eigenvalue weighted by Gasteiger charge is 2.49. The summed E-state index contributed by atoms with van der Waals surface area (Å²) in [5.74, 6) is 0.162. The molecule has 0 spiro atoms. The zero-order valence-electron chi connectivity index (χ0n) is 12.7. The van der Waals surface area contributed by atoms with Crippen LogP contribution in [0.4, 0.5) is 0 Å². The lowest BCUT2D eigenvalue weighted by atomic mass is 9.85. The average molecular weight is 338 g/mol. The van der Waals surface area contributed by atoms with Gasteiger partial charge in [0, 0.05) is 17.5 Å². The third-order valence-corrected chi connectivity index (χ3v) is 4.27. The Kier molecular flexibility index (Phi) is 4.33. The molecule has 1 aromatic carbocycles. The molecular formula is C16H18O8. The Bertz CT molecular complexity index is 784. The molecule has 1 aliphatic carbocycles. The minimum Gasteiger partial charge on any atom is -0.485 e. The van der Waals surface area contributed by atoms with Crippen LogP contribution in [0.2, 0.25) is 0 Å². The summed E-state index contributed by atoms with van der Waals surface area (Å²) in [4.78, 5) is 11.5. The van der Waals surface area contributed by atoms with Gasteiger partial charge in [0.25, 0.3) is 0 Å². The van der Waals surface area contributed by atoms with E-state index < -0.39 is 42.2 Å². The van der Waals surface area contributed by atoms with Gasteiger partial charge in [0.05, 0.1) is 0 Å². The van der Waals surface area contributed by atoms with E-state index in [9.17, 15) is 30.3 Å². The van der Waals surface area contributed by atoms with Crippen LogP contribution in [0, 0.1) is 6.92 Å². The van der Waals surface area contributed by atoms with Crippen molar-refractivity contribution in [1.29, 1.82) is 0 Å². The van der Waals surface area contributed by atoms with Crippen molar-refractivity contribution in [3.8, 4) is 5.75 Å². The number of aliphatic hydroxyl groups excluding tert-OH is 5. The standard InChI is InChI=1S/C16H18O8/c1-6-4-10(17)24-9-5-7(2-3-8(6)9)23-16-14(21)12(19)11(18)13(20)15(16)22/h2-5,11-16,18-22H,1H3/t11-,12-,13+,14-,15-,16-/m0/s1. The van der Waals surface area contributed by atoms with Crippen LogP contribution in [-0.4, -0.2) is 62.2 Å². The van der Waals surface area contributed by atoms with Crippen molar-refractivity contribution in [3.05, 3.63) is 40.2 Å². The molecule has 8 nitrogen and oxygen atoms in total. The second-order valence-electron chi connectivity index (χ2n) is 5.94. The first-order chi connectivity index (χ1) is 11.3. The fourth-order valence-corrected chi connectivity index (χ4v) is 2.87. The highest BCUT2D eigenvalue weighted by atomic mass is 16.5. The molecule has 3 rings (SSSR count). The van der Waals surface area contributed by atoms with Crippen LogP contribution in [0.15, 0.2) is 33.5 Å². The van der Waals surface area contributed by atoms with Crippen molar-refractivity contribution in [3.63, 3.8) is 0 Å². The van der Waals surface area contributed by atoms with Gasteiger partial charge < -0.3 is 34.7 Å². The Morgan fingerprint density at radius 2 is 1.50 bits per heavy atom. The quantitative estimate of drug-likeness (QED) is 0.424. The van der Waals surface area contributed by atoms with Crippen molar-refractivity contribution < 1.29 is 34.7 Å². The Labute approximate surface area is 136 Å². The number of ether oxygens (including phenoxy) is 1. The minimum absolute atomic E-state index is 0.162. The molecule has 1 saturated carbocycles. The monoisotopic (exact) mass is 338 g/mol. The Hall–Kier alpha value is -1.97. The van der Waals surface area contributed by atoms with E-state index in [-0.39, 0.29) is 11.3 Å².